The number of benzene rings is 2. The molecule has 1 amide bonds. The number of nitrogens with zero attached hydrogens (tertiary/aromatic N) is 1. The third-order valence-electron chi connectivity index (χ3n) is 3.90. The van der Waals surface area contributed by atoms with Gasteiger partial charge in [0.25, 0.3) is 11.6 Å². The van der Waals surface area contributed by atoms with E-state index in [0.29, 0.717) is 5.56 Å². The highest BCUT2D eigenvalue weighted by Crippen LogP contribution is 2.28. The second kappa shape index (κ2) is 9.31. The fraction of sp³-hybridized carbons (Fsp3) is 0.100. The Bertz CT molecular complexity index is 1020. The molecule has 3 aromatic rings. The summed E-state index contributed by atoms with van der Waals surface area (Å²) in [7, 11) is 0. The maximum Gasteiger partial charge on any atom is 0.312 e. The highest BCUT2D eigenvalue weighted by atomic mass is 35.5. The highest BCUT2D eigenvalue weighted by Gasteiger charge is 2.26. The van der Waals surface area contributed by atoms with Crippen LogP contribution in [0.5, 0.6) is 0 Å². The monoisotopic (exact) mass is 430 g/mol. The lowest BCUT2D eigenvalue weighted by atomic mass is 10.1. The molecule has 0 radical (unpaired) electrons. The number of ether oxygens (including phenoxy) is 1. The number of amides is 1. The molecular formula is C20H15ClN2O5S. The SMILES string of the molecule is O=C(Cc1cccs1)OC(C(=O)Nc1ccc(Cl)c([N+](=O)[O-])c1)c1ccccc1. The summed E-state index contributed by atoms with van der Waals surface area (Å²) >= 11 is 7.21. The number of carbonyl (C=O) groups excluding carboxylic acids is 2. The normalized spacial score (nSPS) is 11.5. The van der Waals surface area contributed by atoms with Crippen LogP contribution in [0.1, 0.15) is 16.5 Å². The smallest absolute Gasteiger partial charge is 0.312 e. The first-order valence-corrected chi connectivity index (χ1v) is 9.71. The molecule has 1 unspecified atom stereocenters. The molecule has 0 bridgehead atoms. The summed E-state index contributed by atoms with van der Waals surface area (Å²) in [6.45, 7) is 0. The van der Waals surface area contributed by atoms with E-state index in [1.807, 2.05) is 11.4 Å². The highest BCUT2D eigenvalue weighted by molar-refractivity contribution is 7.10. The number of nitrogens with one attached hydrogen (secondary N) is 1. The first-order valence-electron chi connectivity index (χ1n) is 8.45. The molecule has 0 saturated carbocycles. The molecule has 148 valence electrons. The zero-order valence-corrected chi connectivity index (χ0v) is 16.5. The van der Waals surface area contributed by atoms with E-state index in [4.69, 9.17) is 16.3 Å². The summed E-state index contributed by atoms with van der Waals surface area (Å²) in [4.78, 5) is 36.4. The van der Waals surface area contributed by atoms with E-state index in [1.54, 1.807) is 36.4 Å². The fourth-order valence-electron chi connectivity index (χ4n) is 2.57. The molecule has 7 nitrogen and oxygen atoms in total. The number of esters is 1. The number of rotatable bonds is 7. The molecule has 0 aliphatic heterocycles. The molecule has 29 heavy (non-hydrogen) atoms. The first-order chi connectivity index (χ1) is 13.9. The van der Waals surface area contributed by atoms with Crippen molar-refractivity contribution < 1.29 is 19.2 Å². The largest absolute Gasteiger partial charge is 0.447 e. The lowest BCUT2D eigenvalue weighted by Crippen LogP contribution is -2.26. The molecule has 1 heterocycles. The maximum absolute atomic E-state index is 12.8. The minimum atomic E-state index is -1.21. The van der Waals surface area contributed by atoms with E-state index in [-0.39, 0.29) is 22.8 Å². The van der Waals surface area contributed by atoms with Crippen LogP contribution in [0.15, 0.2) is 66.0 Å². The van der Waals surface area contributed by atoms with Gasteiger partial charge in [-0.15, -0.1) is 11.3 Å². The fourth-order valence-corrected chi connectivity index (χ4v) is 3.44. The van der Waals surface area contributed by atoms with Gasteiger partial charge in [0.1, 0.15) is 5.02 Å². The molecule has 0 saturated heterocycles. The number of nitro groups is 1. The van der Waals surface area contributed by atoms with Crippen molar-refractivity contribution in [3.8, 4) is 0 Å². The van der Waals surface area contributed by atoms with Crippen LogP contribution in [0.3, 0.4) is 0 Å². The third-order valence-corrected chi connectivity index (χ3v) is 5.09. The predicted octanol–water partition coefficient (Wildman–Crippen LogP) is 4.78. The average Bonchev–Trinajstić information content (AvgIpc) is 3.21. The van der Waals surface area contributed by atoms with Crippen LogP contribution in [0.2, 0.25) is 5.02 Å². The summed E-state index contributed by atoms with van der Waals surface area (Å²) < 4.78 is 5.44. The van der Waals surface area contributed by atoms with Gasteiger partial charge in [-0.25, -0.2) is 0 Å². The summed E-state index contributed by atoms with van der Waals surface area (Å²) in [5, 5.41) is 15.4. The number of hydrogen-bond donors (Lipinski definition) is 1. The number of thiophene rings is 1. The number of halogens is 1. The van der Waals surface area contributed by atoms with Crippen LogP contribution < -0.4 is 5.32 Å². The molecule has 0 aliphatic rings. The second-order valence-corrected chi connectivity index (χ2v) is 7.39. The molecule has 1 aromatic heterocycles. The van der Waals surface area contributed by atoms with Crippen molar-refractivity contribution in [2.75, 3.05) is 5.32 Å². The van der Waals surface area contributed by atoms with Crippen LogP contribution in [0, 0.1) is 10.1 Å². The van der Waals surface area contributed by atoms with Gasteiger partial charge < -0.3 is 10.1 Å². The number of anilines is 1. The van der Waals surface area contributed by atoms with E-state index in [2.05, 4.69) is 5.32 Å². The van der Waals surface area contributed by atoms with Crippen molar-refractivity contribution in [2.45, 2.75) is 12.5 Å². The maximum atomic E-state index is 12.8. The summed E-state index contributed by atoms with van der Waals surface area (Å²) in [6, 6.07) is 16.0. The zero-order valence-electron chi connectivity index (χ0n) is 14.9. The molecular weight excluding hydrogens is 416 g/mol. The van der Waals surface area contributed by atoms with E-state index in [9.17, 15) is 19.7 Å². The Hall–Kier alpha value is -3.23. The minimum absolute atomic E-state index is 0.0424. The summed E-state index contributed by atoms with van der Waals surface area (Å²) in [5.41, 5.74) is 0.310. The second-order valence-electron chi connectivity index (χ2n) is 5.95. The van der Waals surface area contributed by atoms with Gasteiger partial charge in [0, 0.05) is 22.2 Å². The van der Waals surface area contributed by atoms with Gasteiger partial charge in [-0.05, 0) is 23.6 Å². The van der Waals surface area contributed by atoms with Crippen molar-refractivity contribution >= 4 is 46.2 Å². The number of carbonyl (C=O) groups is 2. The lowest BCUT2D eigenvalue weighted by molar-refractivity contribution is -0.384. The number of nitro benzene ring substituents is 1. The molecule has 0 fully saturated rings. The predicted molar refractivity (Wildman–Crippen MR) is 110 cm³/mol. The molecule has 9 heteroatoms. The first kappa shape index (κ1) is 20.5. The van der Waals surface area contributed by atoms with Crippen molar-refractivity contribution in [3.05, 3.63) is 91.6 Å². The Morgan fingerprint density at radius 1 is 1.14 bits per heavy atom. The van der Waals surface area contributed by atoms with Crippen molar-refractivity contribution in [1.82, 2.24) is 0 Å². The van der Waals surface area contributed by atoms with Crippen LogP contribution >= 0.6 is 22.9 Å². The third kappa shape index (κ3) is 5.40. The van der Waals surface area contributed by atoms with Crippen molar-refractivity contribution in [2.24, 2.45) is 0 Å². The van der Waals surface area contributed by atoms with Gasteiger partial charge in [0.2, 0.25) is 6.10 Å². The van der Waals surface area contributed by atoms with Gasteiger partial charge in [-0.2, -0.15) is 0 Å². The van der Waals surface area contributed by atoms with Crippen LogP contribution in [-0.4, -0.2) is 16.8 Å². The average molecular weight is 431 g/mol. The van der Waals surface area contributed by atoms with Crippen molar-refractivity contribution in [3.63, 3.8) is 0 Å². The summed E-state index contributed by atoms with van der Waals surface area (Å²) in [5.74, 6) is -1.19. The van der Waals surface area contributed by atoms with E-state index >= 15 is 0 Å². The molecule has 1 N–H and O–H groups in total. The van der Waals surface area contributed by atoms with E-state index in [1.165, 1.54) is 23.5 Å². The molecule has 0 aliphatic carbocycles. The quantitative estimate of drug-likeness (QED) is 0.330. The Labute approximate surface area is 175 Å². The topological polar surface area (TPSA) is 98.5 Å². The Morgan fingerprint density at radius 3 is 2.55 bits per heavy atom. The lowest BCUT2D eigenvalue weighted by Gasteiger charge is -2.18. The van der Waals surface area contributed by atoms with Crippen LogP contribution in [-0.2, 0) is 20.7 Å². The van der Waals surface area contributed by atoms with Crippen LogP contribution in [0.4, 0.5) is 11.4 Å². The van der Waals surface area contributed by atoms with E-state index in [0.717, 1.165) is 10.9 Å². The van der Waals surface area contributed by atoms with Crippen LogP contribution in [0.25, 0.3) is 0 Å². The Kier molecular flexibility index (Phi) is 6.58. The standard InChI is InChI=1S/C20H15ClN2O5S/c21-16-9-8-14(11-17(16)23(26)27)22-20(25)19(13-5-2-1-3-6-13)28-18(24)12-15-7-4-10-29-15/h1-11,19H,12H2,(H,22,25). The molecule has 3 rings (SSSR count). The minimum Gasteiger partial charge on any atom is -0.447 e. The molecule has 1 atom stereocenters. The van der Waals surface area contributed by atoms with Gasteiger partial charge >= 0.3 is 5.97 Å². The summed E-state index contributed by atoms with van der Waals surface area (Å²) in [6.07, 6.45) is -1.17. The molecule has 0 spiro atoms. The number of hydrogen-bond acceptors (Lipinski definition) is 6. The van der Waals surface area contributed by atoms with Gasteiger partial charge in [0.15, 0.2) is 0 Å². The van der Waals surface area contributed by atoms with Gasteiger partial charge in [-0.1, -0.05) is 48.0 Å². The van der Waals surface area contributed by atoms with Gasteiger partial charge in [0.05, 0.1) is 11.3 Å². The van der Waals surface area contributed by atoms with Crippen molar-refractivity contribution in [1.29, 1.82) is 0 Å². The Balaban J connectivity index is 1.80. The Morgan fingerprint density at radius 2 is 1.90 bits per heavy atom. The van der Waals surface area contributed by atoms with Gasteiger partial charge in [-0.3, -0.25) is 19.7 Å². The van der Waals surface area contributed by atoms with E-state index < -0.39 is 22.9 Å². The zero-order chi connectivity index (χ0) is 20.8. The molecule has 2 aromatic carbocycles.